The maximum Gasteiger partial charge on any atom is 0.472 e. The molecule has 5 unspecified atom stereocenters. The van der Waals surface area contributed by atoms with Crippen LogP contribution in [-0.4, -0.2) is 96.7 Å². The van der Waals surface area contributed by atoms with Gasteiger partial charge in [0, 0.05) is 25.7 Å². The zero-order chi connectivity index (χ0) is 74.6. The second-order valence-corrected chi connectivity index (χ2v) is 28.4. The minimum atomic E-state index is -5.00. The quantitative estimate of drug-likeness (QED) is 0.0169. The summed E-state index contributed by atoms with van der Waals surface area (Å²) in [5.41, 5.74) is 0. The molecule has 0 aromatic rings. The topological polar surface area (TPSA) is 237 Å². The Labute approximate surface area is 617 Å². The van der Waals surface area contributed by atoms with Crippen LogP contribution in [0.5, 0.6) is 0 Å². The van der Waals surface area contributed by atoms with Crippen LogP contribution in [-0.2, 0) is 65.4 Å². The molecule has 0 aliphatic carbocycles. The van der Waals surface area contributed by atoms with Crippen molar-refractivity contribution < 1.29 is 80.2 Å². The van der Waals surface area contributed by atoms with Crippen molar-refractivity contribution in [2.24, 2.45) is 0 Å². The third-order valence-corrected chi connectivity index (χ3v) is 17.7. The minimum Gasteiger partial charge on any atom is -0.462 e. The fourth-order valence-corrected chi connectivity index (χ4v) is 11.5. The van der Waals surface area contributed by atoms with Crippen LogP contribution >= 0.6 is 15.6 Å². The van der Waals surface area contributed by atoms with Crippen LogP contribution in [0, 0.1) is 0 Å². The maximum absolute atomic E-state index is 13.1. The molecule has 0 saturated heterocycles. The van der Waals surface area contributed by atoms with Crippen LogP contribution in [0.2, 0.25) is 0 Å². The number of carbonyl (C=O) groups excluding carboxylic acids is 4. The Balaban J connectivity index is 5.45. The van der Waals surface area contributed by atoms with Crippen molar-refractivity contribution in [3.05, 3.63) is 146 Å². The van der Waals surface area contributed by atoms with E-state index in [4.69, 9.17) is 37.0 Å². The molecule has 0 radical (unpaired) electrons. The molecule has 0 saturated carbocycles. The van der Waals surface area contributed by atoms with E-state index < -0.39 is 97.5 Å². The summed E-state index contributed by atoms with van der Waals surface area (Å²) in [6, 6.07) is 0. The van der Waals surface area contributed by atoms with E-state index in [-0.39, 0.29) is 25.7 Å². The lowest BCUT2D eigenvalue weighted by molar-refractivity contribution is -0.161. The van der Waals surface area contributed by atoms with Gasteiger partial charge in [-0.2, -0.15) is 0 Å². The number of aliphatic hydroxyl groups is 1. The largest absolute Gasteiger partial charge is 0.472 e. The first-order valence-corrected chi connectivity index (χ1v) is 42.1. The number of phosphoric ester groups is 2. The van der Waals surface area contributed by atoms with Crippen LogP contribution in [0.15, 0.2) is 146 Å². The van der Waals surface area contributed by atoms with Gasteiger partial charge in [-0.1, -0.05) is 289 Å². The molecule has 0 fully saturated rings. The smallest absolute Gasteiger partial charge is 0.462 e. The molecule has 3 N–H and O–H groups in total. The number of rotatable bonds is 72. The van der Waals surface area contributed by atoms with Gasteiger partial charge in [-0.3, -0.25) is 37.3 Å². The van der Waals surface area contributed by atoms with E-state index in [0.29, 0.717) is 38.5 Å². The second-order valence-electron chi connectivity index (χ2n) is 25.5. The van der Waals surface area contributed by atoms with Crippen molar-refractivity contribution >= 4 is 39.5 Å². The van der Waals surface area contributed by atoms with E-state index in [1.807, 2.05) is 30.4 Å². The second kappa shape index (κ2) is 74.2. The summed E-state index contributed by atoms with van der Waals surface area (Å²) in [5, 5.41) is 10.6. The van der Waals surface area contributed by atoms with Gasteiger partial charge in [-0.15, -0.1) is 0 Å². The number of ether oxygens (including phenoxy) is 4. The Morgan fingerprint density at radius 1 is 0.284 bits per heavy atom. The summed E-state index contributed by atoms with van der Waals surface area (Å²) in [4.78, 5) is 72.9. The molecule has 0 amide bonds. The molecule has 102 heavy (non-hydrogen) atoms. The first-order valence-electron chi connectivity index (χ1n) is 39.1. The van der Waals surface area contributed by atoms with Gasteiger partial charge in [0.1, 0.15) is 19.3 Å². The van der Waals surface area contributed by atoms with Gasteiger partial charge in [0.2, 0.25) is 0 Å². The molecule has 19 heteroatoms. The average molecular weight is 1470 g/mol. The summed E-state index contributed by atoms with van der Waals surface area (Å²) in [6.07, 6.45) is 84.3. The third-order valence-electron chi connectivity index (χ3n) is 15.8. The molecule has 0 aliphatic rings. The summed E-state index contributed by atoms with van der Waals surface area (Å²) in [5.74, 6) is -2.35. The van der Waals surface area contributed by atoms with Crippen LogP contribution in [0.4, 0.5) is 0 Å². The summed E-state index contributed by atoms with van der Waals surface area (Å²) in [7, 11) is -9.99. The Morgan fingerprint density at radius 2 is 0.539 bits per heavy atom. The molecule has 0 aromatic carbocycles. The lowest BCUT2D eigenvalue weighted by atomic mass is 10.0. The molecule has 5 atom stereocenters. The zero-order valence-corrected chi connectivity index (χ0v) is 65.3. The number of phosphoric acid groups is 2. The van der Waals surface area contributed by atoms with Gasteiger partial charge in [-0.05, 0) is 128 Å². The highest BCUT2D eigenvalue weighted by Gasteiger charge is 2.30. The Kier molecular flexibility index (Phi) is 70.5. The summed E-state index contributed by atoms with van der Waals surface area (Å²) in [6.45, 7) is 4.47. The monoisotopic (exact) mass is 1470 g/mol. The van der Waals surface area contributed by atoms with Gasteiger partial charge in [0.15, 0.2) is 12.2 Å². The van der Waals surface area contributed by atoms with E-state index in [2.05, 4.69) is 143 Å². The van der Waals surface area contributed by atoms with Crippen molar-refractivity contribution in [3.8, 4) is 0 Å². The number of allylic oxidation sites excluding steroid dienone is 24. The molecular formula is C83H138O17P2. The molecule has 0 spiro atoms. The van der Waals surface area contributed by atoms with Gasteiger partial charge >= 0.3 is 39.5 Å². The van der Waals surface area contributed by atoms with Crippen molar-refractivity contribution in [1.82, 2.24) is 0 Å². The SMILES string of the molecule is CC/C=C\C/C=C\C/C=C\C/C=C\C/C=C\C/C=C\CCC(=O)OCC(COP(=O)(O)OCC(O)COP(=O)(O)OCC(COC(=O)CCC/C=C\C/C=C\C/C=C\C/C=C\C/C=C\CC)OC(=O)CCCCCCC/C=C\CCCCCC)OC(=O)CCCCCCCCCCCCCCC. The van der Waals surface area contributed by atoms with Crippen molar-refractivity contribution in [2.45, 2.75) is 316 Å². The maximum atomic E-state index is 13.1. The molecular weight excluding hydrogens is 1330 g/mol. The van der Waals surface area contributed by atoms with E-state index in [1.54, 1.807) is 0 Å². The highest BCUT2D eigenvalue weighted by atomic mass is 31.2. The van der Waals surface area contributed by atoms with Crippen molar-refractivity contribution in [1.29, 1.82) is 0 Å². The van der Waals surface area contributed by atoms with Gasteiger partial charge in [0.05, 0.1) is 26.4 Å². The molecule has 0 rings (SSSR count). The number of carbonyl (C=O) groups is 4. The van der Waals surface area contributed by atoms with E-state index in [0.717, 1.165) is 128 Å². The van der Waals surface area contributed by atoms with Gasteiger partial charge < -0.3 is 33.8 Å². The summed E-state index contributed by atoms with van der Waals surface area (Å²) >= 11 is 0. The van der Waals surface area contributed by atoms with Crippen molar-refractivity contribution in [3.63, 3.8) is 0 Å². The number of aliphatic hydroxyl groups excluding tert-OH is 1. The highest BCUT2D eigenvalue weighted by Crippen LogP contribution is 2.45. The summed E-state index contributed by atoms with van der Waals surface area (Å²) < 4.78 is 68.4. The van der Waals surface area contributed by atoms with Crippen LogP contribution in [0.1, 0.15) is 297 Å². The van der Waals surface area contributed by atoms with Crippen LogP contribution < -0.4 is 0 Å². The lowest BCUT2D eigenvalue weighted by Crippen LogP contribution is -2.30. The fourth-order valence-electron chi connectivity index (χ4n) is 9.92. The van der Waals surface area contributed by atoms with Crippen LogP contribution in [0.25, 0.3) is 0 Å². The standard InChI is InChI=1S/C83H138O17P2/c1-5-9-13-17-21-25-29-33-35-37-38-40-42-46-48-52-56-60-64-68-81(86)94-74-79(100-83(88)70-66-62-58-54-50-44-32-28-24-20-16-12-8-4)76-98-102(91,92)96-72-77(84)71-95-101(89,90)97-75-78(99-82(87)69-65-61-57-53-49-43-31-27-23-19-15-11-7-3)73-93-80(85)67-63-59-55-51-47-45-41-39-36-34-30-26-22-18-14-10-6-2/h9-10,13-14,21-22,25-27,31,33-36,38,40-41,45-46,48,51,55-56,60,77-79,84H,5-8,11-12,15-20,23-24,28-30,32,37,39,42-44,47,49-50,52-54,57-59,61-76H2,1-4H3,(H,89,90)(H,91,92)/b13-9-,14-10-,25-21-,26-22-,31-27-,35-33-,36-34-,40-38-,45-41-,48-46-,55-51-,60-56-. The predicted molar refractivity (Wildman–Crippen MR) is 417 cm³/mol. The zero-order valence-electron chi connectivity index (χ0n) is 63.5. The Bertz CT molecular complexity index is 2510. The third kappa shape index (κ3) is 73.3. The minimum absolute atomic E-state index is 0.0334. The first kappa shape index (κ1) is 96.9. The molecule has 17 nitrogen and oxygen atoms in total. The van der Waals surface area contributed by atoms with Crippen LogP contribution in [0.3, 0.4) is 0 Å². The molecule has 0 heterocycles. The van der Waals surface area contributed by atoms with Crippen molar-refractivity contribution in [2.75, 3.05) is 39.6 Å². The normalized spacial score (nSPS) is 14.7. The lowest BCUT2D eigenvalue weighted by Gasteiger charge is -2.21. The van der Waals surface area contributed by atoms with E-state index in [1.165, 1.54) is 77.0 Å². The highest BCUT2D eigenvalue weighted by molar-refractivity contribution is 7.47. The van der Waals surface area contributed by atoms with E-state index in [9.17, 15) is 43.2 Å². The molecule has 0 bridgehead atoms. The molecule has 582 valence electrons. The Hall–Kier alpha value is -5.06. The Morgan fingerprint density at radius 3 is 0.892 bits per heavy atom. The number of hydrogen-bond donors (Lipinski definition) is 3. The van der Waals surface area contributed by atoms with Gasteiger partial charge in [-0.25, -0.2) is 9.13 Å². The number of esters is 4. The van der Waals surface area contributed by atoms with Gasteiger partial charge in [0.25, 0.3) is 0 Å². The number of unbranched alkanes of at least 4 members (excludes halogenated alkanes) is 22. The molecule has 0 aromatic heterocycles. The average Bonchev–Trinajstić information content (AvgIpc) is 0.909. The number of hydrogen-bond acceptors (Lipinski definition) is 15. The predicted octanol–water partition coefficient (Wildman–Crippen LogP) is 22.7. The first-order chi connectivity index (χ1) is 49.7. The molecule has 0 aliphatic heterocycles. The van der Waals surface area contributed by atoms with E-state index >= 15 is 0 Å². The fraction of sp³-hybridized carbons (Fsp3) is 0.663.